The third-order valence-corrected chi connectivity index (χ3v) is 5.08. The average molecular weight is 318 g/mol. The van der Waals surface area contributed by atoms with Crippen LogP contribution in [-0.4, -0.2) is 33.0 Å². The molecule has 1 aliphatic carbocycles. The molecule has 0 saturated heterocycles. The molecule has 0 unspecified atom stereocenters. The van der Waals surface area contributed by atoms with Crippen LogP contribution in [0.2, 0.25) is 0 Å². The van der Waals surface area contributed by atoms with Gasteiger partial charge in [-0.25, -0.2) is 4.98 Å². The number of carbonyl (C=O) groups excluding carboxylic acids is 1. The topological polar surface area (TPSA) is 61.9 Å². The molecular weight excluding hydrogens is 296 g/mol. The molecule has 22 heavy (non-hydrogen) atoms. The highest BCUT2D eigenvalue weighted by molar-refractivity contribution is 7.13. The highest BCUT2D eigenvalue weighted by atomic mass is 32.1. The molecule has 2 aromatic rings. The van der Waals surface area contributed by atoms with Crippen LogP contribution in [0.1, 0.15) is 59.0 Å². The van der Waals surface area contributed by atoms with Gasteiger partial charge in [-0.2, -0.15) is 5.10 Å². The average Bonchev–Trinajstić information content (AvgIpc) is 3.10. The van der Waals surface area contributed by atoms with Crippen LogP contribution < -0.4 is 0 Å². The van der Waals surface area contributed by atoms with Gasteiger partial charge in [0, 0.05) is 17.3 Å². The fourth-order valence-electron chi connectivity index (χ4n) is 2.60. The van der Waals surface area contributed by atoms with Gasteiger partial charge in [-0.1, -0.05) is 20.8 Å². The molecule has 0 spiro atoms. The van der Waals surface area contributed by atoms with Gasteiger partial charge >= 0.3 is 0 Å². The summed E-state index contributed by atoms with van der Waals surface area (Å²) in [5, 5.41) is 7.98. The number of carbonyl (C=O) groups is 1. The van der Waals surface area contributed by atoms with Gasteiger partial charge in [0.2, 0.25) is 0 Å². The molecule has 0 aliphatic heterocycles. The summed E-state index contributed by atoms with van der Waals surface area (Å²) in [4.78, 5) is 20.0. The predicted octanol–water partition coefficient (Wildman–Crippen LogP) is 2.92. The molecule has 3 rings (SSSR count). The normalized spacial score (nSPS) is 14.2. The summed E-state index contributed by atoms with van der Waals surface area (Å²) in [5.41, 5.74) is 3.09. The predicted molar refractivity (Wildman–Crippen MR) is 87.2 cm³/mol. The number of thiazole rings is 1. The number of H-pyrrole nitrogens is 1. The molecule has 0 saturated carbocycles. The lowest BCUT2D eigenvalue weighted by Crippen LogP contribution is -2.26. The number of hydrogen-bond acceptors (Lipinski definition) is 4. The zero-order valence-corrected chi connectivity index (χ0v) is 14.4. The Morgan fingerprint density at radius 2 is 2.18 bits per heavy atom. The SMILES string of the molecule is CN(Cc1cc(C(C)(C)C)n[nH]1)C(=O)c1nc2c(s1)CCC2. The summed E-state index contributed by atoms with van der Waals surface area (Å²) in [7, 11) is 1.81. The van der Waals surface area contributed by atoms with Crippen LogP contribution in [0.5, 0.6) is 0 Å². The van der Waals surface area contributed by atoms with Crippen molar-refractivity contribution in [1.82, 2.24) is 20.1 Å². The molecule has 118 valence electrons. The molecule has 0 bridgehead atoms. The van der Waals surface area contributed by atoms with E-state index >= 15 is 0 Å². The number of nitrogens with one attached hydrogen (secondary N) is 1. The van der Waals surface area contributed by atoms with Gasteiger partial charge in [-0.05, 0) is 25.3 Å². The monoisotopic (exact) mass is 318 g/mol. The number of aromatic nitrogens is 3. The minimum Gasteiger partial charge on any atom is -0.334 e. The van der Waals surface area contributed by atoms with Crippen molar-refractivity contribution in [3.05, 3.63) is 33.0 Å². The lowest BCUT2D eigenvalue weighted by molar-refractivity contribution is 0.0783. The van der Waals surface area contributed by atoms with E-state index in [-0.39, 0.29) is 11.3 Å². The molecule has 5 nitrogen and oxygen atoms in total. The second-order valence-corrected chi connectivity index (χ2v) is 8.02. The highest BCUT2D eigenvalue weighted by Crippen LogP contribution is 2.28. The lowest BCUT2D eigenvalue weighted by Gasteiger charge is -2.15. The van der Waals surface area contributed by atoms with Gasteiger partial charge in [0.25, 0.3) is 5.91 Å². The standard InChI is InChI=1S/C16H22N4OS/c1-16(2,3)13-8-10(18-19-13)9-20(4)15(21)14-17-11-6-5-7-12(11)22-14/h8H,5-7,9H2,1-4H3,(H,18,19). The Bertz CT molecular complexity index is 674. The number of rotatable bonds is 3. The summed E-state index contributed by atoms with van der Waals surface area (Å²) in [5.74, 6) is -0.00805. The van der Waals surface area contributed by atoms with Crippen molar-refractivity contribution >= 4 is 17.2 Å². The van der Waals surface area contributed by atoms with Crippen molar-refractivity contribution in [2.24, 2.45) is 0 Å². The Balaban J connectivity index is 1.69. The molecule has 1 amide bonds. The van der Waals surface area contributed by atoms with Crippen molar-refractivity contribution < 1.29 is 4.79 Å². The molecule has 0 radical (unpaired) electrons. The maximum atomic E-state index is 12.5. The second kappa shape index (κ2) is 5.50. The van der Waals surface area contributed by atoms with Crippen molar-refractivity contribution in [1.29, 1.82) is 0 Å². The van der Waals surface area contributed by atoms with Crippen LogP contribution in [0.4, 0.5) is 0 Å². The first-order valence-electron chi connectivity index (χ1n) is 7.63. The van der Waals surface area contributed by atoms with Crippen molar-refractivity contribution in [2.45, 2.75) is 52.0 Å². The number of amides is 1. The Hall–Kier alpha value is -1.69. The first-order chi connectivity index (χ1) is 10.3. The Morgan fingerprint density at radius 1 is 1.41 bits per heavy atom. The third-order valence-electron chi connectivity index (χ3n) is 3.93. The molecule has 0 aromatic carbocycles. The van der Waals surface area contributed by atoms with Crippen LogP contribution in [0, 0.1) is 0 Å². The van der Waals surface area contributed by atoms with Gasteiger partial charge in [0.15, 0.2) is 5.01 Å². The second-order valence-electron chi connectivity index (χ2n) is 6.93. The quantitative estimate of drug-likeness (QED) is 0.946. The Labute approximate surface area is 134 Å². The number of fused-ring (bicyclic) bond motifs is 1. The molecule has 0 atom stereocenters. The minimum absolute atomic E-state index is 0.00738. The summed E-state index contributed by atoms with van der Waals surface area (Å²) in [6.07, 6.45) is 3.25. The molecule has 1 aliphatic rings. The fraction of sp³-hybridized carbons (Fsp3) is 0.562. The molecule has 2 aromatic heterocycles. The first-order valence-corrected chi connectivity index (χ1v) is 8.45. The van der Waals surface area contributed by atoms with Gasteiger partial charge in [0.05, 0.1) is 23.6 Å². The summed E-state index contributed by atoms with van der Waals surface area (Å²) in [6, 6.07) is 2.03. The third kappa shape index (κ3) is 2.92. The number of nitrogens with zero attached hydrogens (tertiary/aromatic N) is 3. The van der Waals surface area contributed by atoms with E-state index < -0.39 is 0 Å². The molecular formula is C16H22N4OS. The van der Waals surface area contributed by atoms with Crippen molar-refractivity contribution in [3.63, 3.8) is 0 Å². The van der Waals surface area contributed by atoms with Gasteiger partial charge < -0.3 is 4.90 Å². The van der Waals surface area contributed by atoms with E-state index in [2.05, 4.69) is 36.0 Å². The lowest BCUT2D eigenvalue weighted by atomic mass is 9.92. The number of hydrogen-bond donors (Lipinski definition) is 1. The maximum Gasteiger partial charge on any atom is 0.282 e. The van der Waals surface area contributed by atoms with E-state index in [1.165, 1.54) is 11.3 Å². The van der Waals surface area contributed by atoms with Crippen molar-refractivity contribution in [3.8, 4) is 0 Å². The zero-order valence-electron chi connectivity index (χ0n) is 13.6. The first kappa shape index (κ1) is 15.2. The summed E-state index contributed by atoms with van der Waals surface area (Å²) < 4.78 is 0. The van der Waals surface area contributed by atoms with Crippen LogP contribution in [-0.2, 0) is 24.8 Å². The van der Waals surface area contributed by atoms with Gasteiger partial charge in [-0.15, -0.1) is 11.3 Å². The minimum atomic E-state index is -0.00805. The van der Waals surface area contributed by atoms with Crippen molar-refractivity contribution in [2.75, 3.05) is 7.05 Å². The number of aromatic amines is 1. The molecule has 0 fully saturated rings. The van der Waals surface area contributed by atoms with Crippen LogP contribution in [0.25, 0.3) is 0 Å². The largest absolute Gasteiger partial charge is 0.334 e. The van der Waals surface area contributed by atoms with Crippen LogP contribution in [0.3, 0.4) is 0 Å². The van der Waals surface area contributed by atoms with E-state index in [1.807, 2.05) is 13.1 Å². The van der Waals surface area contributed by atoms with E-state index in [0.29, 0.717) is 11.6 Å². The molecule has 1 N–H and O–H groups in total. The van der Waals surface area contributed by atoms with E-state index in [9.17, 15) is 4.79 Å². The molecule has 2 heterocycles. The Kier molecular flexibility index (Phi) is 3.80. The van der Waals surface area contributed by atoms with Crippen LogP contribution >= 0.6 is 11.3 Å². The van der Waals surface area contributed by atoms with E-state index in [1.54, 1.807) is 16.2 Å². The number of aryl methyl sites for hydroxylation is 2. The molecule has 6 heteroatoms. The Morgan fingerprint density at radius 3 is 2.82 bits per heavy atom. The van der Waals surface area contributed by atoms with Gasteiger partial charge in [0.1, 0.15) is 0 Å². The maximum absolute atomic E-state index is 12.5. The fourth-order valence-corrected chi connectivity index (χ4v) is 3.74. The smallest absolute Gasteiger partial charge is 0.282 e. The highest BCUT2D eigenvalue weighted by Gasteiger charge is 2.23. The van der Waals surface area contributed by atoms with E-state index in [0.717, 1.165) is 29.9 Å². The summed E-state index contributed by atoms with van der Waals surface area (Å²) in [6.45, 7) is 6.89. The van der Waals surface area contributed by atoms with Gasteiger partial charge in [-0.3, -0.25) is 9.89 Å². The summed E-state index contributed by atoms with van der Waals surface area (Å²) >= 11 is 1.55. The van der Waals surface area contributed by atoms with Crippen LogP contribution in [0.15, 0.2) is 6.07 Å². The van der Waals surface area contributed by atoms with E-state index in [4.69, 9.17) is 0 Å². The zero-order chi connectivity index (χ0) is 15.9.